The molecule has 6 aromatic rings. The molecule has 2 fully saturated rings. The molecule has 0 radical (unpaired) electrons. The third-order valence-electron chi connectivity index (χ3n) is 14.1. The van der Waals surface area contributed by atoms with Gasteiger partial charge in [-0.2, -0.15) is 0 Å². The van der Waals surface area contributed by atoms with Crippen molar-refractivity contribution in [1.29, 1.82) is 0 Å². The minimum absolute atomic E-state index is 0.00767. The minimum Gasteiger partial charge on any atom is -0.426 e. The van der Waals surface area contributed by atoms with Gasteiger partial charge in [0.1, 0.15) is 29.1 Å². The number of likely N-dealkylation sites (tertiary alicyclic amines) is 2. The highest BCUT2D eigenvalue weighted by atomic mass is 16.6. The van der Waals surface area contributed by atoms with Gasteiger partial charge in [0.05, 0.1) is 0 Å². The maximum atomic E-state index is 13.1. The second-order valence-corrected chi connectivity index (χ2v) is 18.5. The molecule has 356 valence electrons. The number of esters is 2. The lowest BCUT2D eigenvalue weighted by molar-refractivity contribution is -0.144. The number of aliphatic hydroxyl groups is 2. The fourth-order valence-electron chi connectivity index (χ4n) is 10.3. The molecule has 6 aromatic carbocycles. The van der Waals surface area contributed by atoms with Gasteiger partial charge in [0, 0.05) is 24.0 Å². The zero-order valence-corrected chi connectivity index (χ0v) is 39.2. The van der Waals surface area contributed by atoms with E-state index in [1.54, 1.807) is 48.5 Å². The summed E-state index contributed by atoms with van der Waals surface area (Å²) in [6.07, 6.45) is 4.87. The van der Waals surface area contributed by atoms with E-state index in [2.05, 4.69) is 9.80 Å². The van der Waals surface area contributed by atoms with Crippen molar-refractivity contribution in [2.24, 2.45) is 11.8 Å². The first-order chi connectivity index (χ1) is 33.6. The molecule has 2 aliphatic heterocycles. The van der Waals surface area contributed by atoms with Crippen LogP contribution in [0.2, 0.25) is 0 Å². The van der Waals surface area contributed by atoms with Crippen LogP contribution in [-0.2, 0) is 20.8 Å². The fraction of sp³-hybridized carbons (Fsp3) is 0.322. The largest absolute Gasteiger partial charge is 0.426 e. The van der Waals surface area contributed by atoms with Crippen molar-refractivity contribution in [3.63, 3.8) is 0 Å². The van der Waals surface area contributed by atoms with Crippen LogP contribution >= 0.6 is 0 Å². The first-order valence-electron chi connectivity index (χ1n) is 24.4. The number of nitrogens with zero attached hydrogens (tertiary/aromatic N) is 2. The smallest absolute Gasteiger partial charge is 0.322 e. The van der Waals surface area contributed by atoms with Crippen LogP contribution in [0.4, 0.5) is 0 Å². The molecule has 0 bridgehead atoms. The summed E-state index contributed by atoms with van der Waals surface area (Å²) in [7, 11) is 0. The molecule has 10 nitrogen and oxygen atoms in total. The van der Waals surface area contributed by atoms with Crippen LogP contribution in [0.3, 0.4) is 0 Å². The molecule has 0 aliphatic carbocycles. The van der Waals surface area contributed by atoms with Gasteiger partial charge < -0.3 is 29.5 Å². The first kappa shape index (κ1) is 48.9. The van der Waals surface area contributed by atoms with Gasteiger partial charge in [-0.1, -0.05) is 121 Å². The van der Waals surface area contributed by atoms with Crippen molar-refractivity contribution in [2.45, 2.75) is 69.0 Å². The molecule has 2 heterocycles. The SMILES string of the molecule is O=C(CC(=O)Oc1ccc(C(=O)CCCN2CCC(C(O)(c3ccccc3)c3ccccc3)CC2)cc1)Oc1ccc(C(=O)CCCN2CCC(C(O)(c3ccccc3)c3ccccc3)CC2)cc1. The summed E-state index contributed by atoms with van der Waals surface area (Å²) in [5.41, 5.74) is 2.51. The number of carbonyl (C=O) groups excluding carboxylic acids is 4. The normalized spacial score (nSPS) is 15.3. The Morgan fingerprint density at radius 1 is 0.435 bits per heavy atom. The summed E-state index contributed by atoms with van der Waals surface area (Å²) >= 11 is 0. The van der Waals surface area contributed by atoms with Gasteiger partial charge in [0.25, 0.3) is 0 Å². The molecular formula is C59H62N2O8. The van der Waals surface area contributed by atoms with Crippen LogP contribution in [0.1, 0.15) is 101 Å². The summed E-state index contributed by atoms with van der Waals surface area (Å²) < 4.78 is 10.7. The van der Waals surface area contributed by atoms with Crippen molar-refractivity contribution in [3.05, 3.63) is 203 Å². The molecular weight excluding hydrogens is 865 g/mol. The number of piperidine rings is 2. The molecule has 0 atom stereocenters. The maximum Gasteiger partial charge on any atom is 0.322 e. The van der Waals surface area contributed by atoms with E-state index in [1.165, 1.54) is 0 Å². The van der Waals surface area contributed by atoms with E-state index in [0.29, 0.717) is 36.8 Å². The lowest BCUT2D eigenvalue weighted by atomic mass is 9.72. The van der Waals surface area contributed by atoms with Gasteiger partial charge in [0.2, 0.25) is 0 Å². The Balaban J connectivity index is 0.712. The van der Waals surface area contributed by atoms with Crippen molar-refractivity contribution < 1.29 is 38.9 Å². The number of hydrogen-bond donors (Lipinski definition) is 2. The van der Waals surface area contributed by atoms with Crippen molar-refractivity contribution in [3.8, 4) is 11.5 Å². The molecule has 0 spiro atoms. The average Bonchev–Trinajstić information content (AvgIpc) is 3.40. The second-order valence-electron chi connectivity index (χ2n) is 18.5. The summed E-state index contributed by atoms with van der Waals surface area (Å²) in [4.78, 5) is 56.1. The number of benzene rings is 6. The topological polar surface area (TPSA) is 134 Å². The Bertz CT molecular complexity index is 2330. The highest BCUT2D eigenvalue weighted by Crippen LogP contribution is 2.43. The molecule has 0 saturated carbocycles. The van der Waals surface area contributed by atoms with Gasteiger partial charge >= 0.3 is 11.9 Å². The van der Waals surface area contributed by atoms with E-state index < -0.39 is 29.6 Å². The number of carbonyl (C=O) groups is 4. The second kappa shape index (κ2) is 23.2. The van der Waals surface area contributed by atoms with E-state index in [0.717, 1.165) is 87.2 Å². The van der Waals surface area contributed by atoms with E-state index in [9.17, 15) is 29.4 Å². The van der Waals surface area contributed by atoms with E-state index >= 15 is 0 Å². The van der Waals surface area contributed by atoms with Gasteiger partial charge in [-0.05, 0) is 160 Å². The highest BCUT2D eigenvalue weighted by Gasteiger charge is 2.42. The van der Waals surface area contributed by atoms with Crippen LogP contribution in [-0.4, -0.2) is 82.8 Å². The zero-order chi connectivity index (χ0) is 48.1. The Morgan fingerprint density at radius 2 is 0.725 bits per heavy atom. The minimum atomic E-state index is -1.07. The highest BCUT2D eigenvalue weighted by molar-refractivity contribution is 5.97. The molecule has 10 heteroatoms. The molecule has 0 unspecified atom stereocenters. The molecule has 2 N–H and O–H groups in total. The Labute approximate surface area is 405 Å². The average molecular weight is 927 g/mol. The monoisotopic (exact) mass is 926 g/mol. The third-order valence-corrected chi connectivity index (χ3v) is 14.1. The number of ether oxygens (including phenoxy) is 2. The van der Waals surface area contributed by atoms with E-state index in [4.69, 9.17) is 9.47 Å². The predicted octanol–water partition coefficient (Wildman–Crippen LogP) is 9.81. The van der Waals surface area contributed by atoms with Crippen molar-refractivity contribution >= 4 is 23.5 Å². The molecule has 69 heavy (non-hydrogen) atoms. The predicted molar refractivity (Wildman–Crippen MR) is 266 cm³/mol. The summed E-state index contributed by atoms with van der Waals surface area (Å²) in [6, 6.07) is 52.3. The quantitative estimate of drug-likeness (QED) is 0.0330. The van der Waals surface area contributed by atoms with Gasteiger partial charge in [-0.3, -0.25) is 19.2 Å². The maximum absolute atomic E-state index is 13.1. The number of ketones is 2. The molecule has 8 rings (SSSR count). The van der Waals surface area contributed by atoms with Crippen LogP contribution in [0.5, 0.6) is 11.5 Å². The lowest BCUT2D eigenvalue weighted by Crippen LogP contribution is -2.44. The van der Waals surface area contributed by atoms with E-state index in [-0.39, 0.29) is 34.9 Å². The van der Waals surface area contributed by atoms with Crippen LogP contribution in [0, 0.1) is 11.8 Å². The van der Waals surface area contributed by atoms with Crippen molar-refractivity contribution in [1.82, 2.24) is 9.80 Å². The van der Waals surface area contributed by atoms with Gasteiger partial charge in [-0.15, -0.1) is 0 Å². The van der Waals surface area contributed by atoms with Crippen LogP contribution in [0.15, 0.2) is 170 Å². The number of rotatable bonds is 20. The van der Waals surface area contributed by atoms with Crippen LogP contribution < -0.4 is 9.47 Å². The molecule has 0 aromatic heterocycles. The summed E-state index contributed by atoms with van der Waals surface area (Å²) in [6.45, 7) is 4.91. The molecule has 0 amide bonds. The molecule has 2 aliphatic rings. The van der Waals surface area contributed by atoms with Crippen LogP contribution in [0.25, 0.3) is 0 Å². The van der Waals surface area contributed by atoms with E-state index in [1.807, 2.05) is 121 Å². The van der Waals surface area contributed by atoms with Crippen molar-refractivity contribution in [2.75, 3.05) is 39.3 Å². The Morgan fingerprint density at radius 3 is 1.01 bits per heavy atom. The number of hydrogen-bond acceptors (Lipinski definition) is 10. The third kappa shape index (κ3) is 12.2. The fourth-order valence-corrected chi connectivity index (χ4v) is 10.3. The lowest BCUT2D eigenvalue weighted by Gasteiger charge is -2.42. The molecule has 2 saturated heterocycles. The van der Waals surface area contributed by atoms with Gasteiger partial charge in [0.15, 0.2) is 11.6 Å². The van der Waals surface area contributed by atoms with Gasteiger partial charge in [-0.25, -0.2) is 0 Å². The zero-order valence-electron chi connectivity index (χ0n) is 39.2. The summed E-state index contributed by atoms with van der Waals surface area (Å²) in [5, 5.41) is 24.4. The standard InChI is InChI=1S/C59H62N2O8/c62-54(23-13-37-60-39-33-50(34-40-60)58(66,46-15-5-1-6-16-46)47-17-7-2-8-18-47)44-25-29-52(30-26-44)68-56(64)43-57(65)69-53-31-27-45(28-32-53)55(63)24-14-38-61-41-35-51(36-42-61)59(67,48-19-9-3-10-20-48)49-21-11-4-12-22-49/h1-12,15-22,25-32,50-51,66-67H,13-14,23-24,33-43H2. The Kier molecular flexibility index (Phi) is 16.4. The first-order valence-corrected chi connectivity index (χ1v) is 24.4. The Hall–Kier alpha value is -6.56. The number of Topliss-reactive ketones (excluding diaryl/α,β-unsaturated/α-hetero) is 2. The summed E-state index contributed by atoms with van der Waals surface area (Å²) in [5.74, 6) is -1.06.